The van der Waals surface area contributed by atoms with Gasteiger partial charge in [0.1, 0.15) is 11.7 Å². The van der Waals surface area contributed by atoms with Crippen LogP contribution in [0.5, 0.6) is 0 Å². The first-order valence-corrected chi connectivity index (χ1v) is 6.45. The van der Waals surface area contributed by atoms with E-state index in [2.05, 4.69) is 13.5 Å². The van der Waals surface area contributed by atoms with Gasteiger partial charge in [-0.05, 0) is 45.1 Å². The number of hydrogen-bond acceptors (Lipinski definition) is 3. The molecule has 0 aromatic heterocycles. The first-order chi connectivity index (χ1) is 7.99. The summed E-state index contributed by atoms with van der Waals surface area (Å²) >= 11 is 0. The maximum atomic E-state index is 12.6. The molecule has 0 saturated heterocycles. The molecule has 0 bridgehead atoms. The Hall–Kier alpha value is -0.670. The molecule has 0 aromatic rings. The van der Waals surface area contributed by atoms with Gasteiger partial charge in [0.15, 0.2) is 5.78 Å². The first-order valence-electron chi connectivity index (χ1n) is 6.45. The number of ether oxygens (including phenoxy) is 2. The molecular formula is C14H24O3. The molecule has 0 N–H and O–H groups in total. The molecule has 1 aliphatic carbocycles. The van der Waals surface area contributed by atoms with E-state index in [-0.39, 0.29) is 17.8 Å². The van der Waals surface area contributed by atoms with E-state index in [4.69, 9.17) is 9.47 Å². The molecule has 1 fully saturated rings. The SMILES string of the molecule is C=C(C)C1(OCC)CCC(C)C(OCC)C1=O. The summed E-state index contributed by atoms with van der Waals surface area (Å²) in [5, 5.41) is 0. The molecule has 17 heavy (non-hydrogen) atoms. The van der Waals surface area contributed by atoms with E-state index in [0.717, 1.165) is 18.4 Å². The van der Waals surface area contributed by atoms with Gasteiger partial charge in [0.2, 0.25) is 0 Å². The highest BCUT2D eigenvalue weighted by molar-refractivity contribution is 5.95. The van der Waals surface area contributed by atoms with Crippen LogP contribution in [0.25, 0.3) is 0 Å². The summed E-state index contributed by atoms with van der Waals surface area (Å²) in [6.45, 7) is 12.8. The lowest BCUT2D eigenvalue weighted by Crippen LogP contribution is -2.54. The van der Waals surface area contributed by atoms with E-state index in [1.54, 1.807) is 0 Å². The molecule has 98 valence electrons. The van der Waals surface area contributed by atoms with Crippen molar-refractivity contribution >= 4 is 5.78 Å². The second kappa shape index (κ2) is 5.78. The summed E-state index contributed by atoms with van der Waals surface area (Å²) in [4.78, 5) is 12.6. The monoisotopic (exact) mass is 240 g/mol. The van der Waals surface area contributed by atoms with Crippen LogP contribution in [-0.2, 0) is 14.3 Å². The molecular weight excluding hydrogens is 216 g/mol. The highest BCUT2D eigenvalue weighted by Gasteiger charge is 2.49. The number of carbonyl (C=O) groups is 1. The van der Waals surface area contributed by atoms with Crippen LogP contribution in [0.2, 0.25) is 0 Å². The van der Waals surface area contributed by atoms with Crippen molar-refractivity contribution in [1.82, 2.24) is 0 Å². The molecule has 3 nitrogen and oxygen atoms in total. The summed E-state index contributed by atoms with van der Waals surface area (Å²) in [5.41, 5.74) is -0.0258. The molecule has 0 spiro atoms. The molecule has 3 atom stereocenters. The quantitative estimate of drug-likeness (QED) is 0.693. The lowest BCUT2D eigenvalue weighted by atomic mass is 9.73. The fourth-order valence-corrected chi connectivity index (χ4v) is 2.55. The van der Waals surface area contributed by atoms with Gasteiger partial charge in [0.25, 0.3) is 0 Å². The number of Topliss-reactive ketones (excluding diaryl/α,β-unsaturated/α-hetero) is 1. The zero-order chi connectivity index (χ0) is 13.1. The summed E-state index contributed by atoms with van der Waals surface area (Å²) < 4.78 is 11.3. The molecule has 0 radical (unpaired) electrons. The van der Waals surface area contributed by atoms with Gasteiger partial charge in [0.05, 0.1) is 0 Å². The van der Waals surface area contributed by atoms with Gasteiger partial charge in [-0.25, -0.2) is 0 Å². The van der Waals surface area contributed by atoms with E-state index in [1.165, 1.54) is 0 Å². The zero-order valence-corrected chi connectivity index (χ0v) is 11.4. The Morgan fingerprint density at radius 1 is 1.47 bits per heavy atom. The van der Waals surface area contributed by atoms with E-state index in [9.17, 15) is 4.79 Å². The lowest BCUT2D eigenvalue weighted by Gasteiger charge is -2.42. The highest BCUT2D eigenvalue weighted by Crippen LogP contribution is 2.38. The minimum Gasteiger partial charge on any atom is -0.370 e. The third kappa shape index (κ3) is 2.61. The smallest absolute Gasteiger partial charge is 0.197 e. The minimum atomic E-state index is -0.818. The summed E-state index contributed by atoms with van der Waals surface area (Å²) in [6, 6.07) is 0. The Balaban J connectivity index is 2.99. The van der Waals surface area contributed by atoms with Gasteiger partial charge in [-0.3, -0.25) is 4.79 Å². The highest BCUT2D eigenvalue weighted by atomic mass is 16.5. The topological polar surface area (TPSA) is 35.5 Å². The average molecular weight is 240 g/mol. The van der Waals surface area contributed by atoms with Crippen molar-refractivity contribution < 1.29 is 14.3 Å². The van der Waals surface area contributed by atoms with Crippen LogP contribution in [0.4, 0.5) is 0 Å². The van der Waals surface area contributed by atoms with Crippen LogP contribution in [-0.4, -0.2) is 30.7 Å². The maximum absolute atomic E-state index is 12.6. The predicted molar refractivity (Wildman–Crippen MR) is 68.0 cm³/mol. The second-order valence-corrected chi connectivity index (χ2v) is 4.80. The van der Waals surface area contributed by atoms with Gasteiger partial charge in [-0.1, -0.05) is 13.5 Å². The van der Waals surface area contributed by atoms with Crippen molar-refractivity contribution in [1.29, 1.82) is 0 Å². The number of carbonyl (C=O) groups excluding carboxylic acids is 1. The standard InChI is InChI=1S/C14H24O3/c1-6-16-12-11(5)8-9-14(10(3)4,13(12)15)17-7-2/h11-12H,3,6-9H2,1-2,4-5H3. The van der Waals surface area contributed by atoms with E-state index >= 15 is 0 Å². The van der Waals surface area contributed by atoms with Gasteiger partial charge < -0.3 is 9.47 Å². The first kappa shape index (κ1) is 14.4. The molecule has 1 saturated carbocycles. The van der Waals surface area contributed by atoms with Crippen molar-refractivity contribution in [3.8, 4) is 0 Å². The third-order valence-corrected chi connectivity index (χ3v) is 3.55. The van der Waals surface area contributed by atoms with E-state index in [1.807, 2.05) is 20.8 Å². The Labute approximate surface area is 104 Å². The van der Waals surface area contributed by atoms with Crippen LogP contribution >= 0.6 is 0 Å². The normalized spacial score (nSPS) is 33.8. The van der Waals surface area contributed by atoms with Gasteiger partial charge in [-0.2, -0.15) is 0 Å². The van der Waals surface area contributed by atoms with Crippen LogP contribution in [0.3, 0.4) is 0 Å². The fraction of sp³-hybridized carbons (Fsp3) is 0.786. The number of ketones is 1. The second-order valence-electron chi connectivity index (χ2n) is 4.80. The van der Waals surface area contributed by atoms with Gasteiger partial charge in [-0.15, -0.1) is 0 Å². The number of rotatable bonds is 5. The minimum absolute atomic E-state index is 0.0486. The van der Waals surface area contributed by atoms with Crippen molar-refractivity contribution in [2.75, 3.05) is 13.2 Å². The van der Waals surface area contributed by atoms with Crippen molar-refractivity contribution in [2.45, 2.75) is 52.2 Å². The summed E-state index contributed by atoms with van der Waals surface area (Å²) in [7, 11) is 0. The van der Waals surface area contributed by atoms with Crippen LogP contribution in [0, 0.1) is 5.92 Å². The Morgan fingerprint density at radius 2 is 2.12 bits per heavy atom. The van der Waals surface area contributed by atoms with E-state index < -0.39 is 5.60 Å². The molecule has 0 heterocycles. The largest absolute Gasteiger partial charge is 0.370 e. The zero-order valence-electron chi connectivity index (χ0n) is 11.4. The van der Waals surface area contributed by atoms with Crippen LogP contribution < -0.4 is 0 Å². The molecule has 1 aliphatic rings. The predicted octanol–water partition coefficient (Wildman–Crippen LogP) is 2.74. The van der Waals surface area contributed by atoms with Crippen LogP contribution in [0.15, 0.2) is 12.2 Å². The molecule has 3 heteroatoms. The van der Waals surface area contributed by atoms with Crippen LogP contribution in [0.1, 0.15) is 40.5 Å². The molecule has 1 rings (SSSR count). The molecule has 0 aromatic carbocycles. The lowest BCUT2D eigenvalue weighted by molar-refractivity contribution is -0.162. The summed E-state index contributed by atoms with van der Waals surface area (Å²) in [5.74, 6) is 0.308. The Morgan fingerprint density at radius 3 is 2.59 bits per heavy atom. The van der Waals surface area contributed by atoms with Crippen molar-refractivity contribution in [3.63, 3.8) is 0 Å². The van der Waals surface area contributed by atoms with Crippen molar-refractivity contribution in [3.05, 3.63) is 12.2 Å². The Bertz CT molecular complexity index is 298. The molecule has 0 amide bonds. The van der Waals surface area contributed by atoms with E-state index in [0.29, 0.717) is 13.2 Å². The summed E-state index contributed by atoms with van der Waals surface area (Å²) in [6.07, 6.45) is 1.31. The van der Waals surface area contributed by atoms with Gasteiger partial charge >= 0.3 is 0 Å². The molecule has 0 aliphatic heterocycles. The maximum Gasteiger partial charge on any atom is 0.197 e. The number of hydrogen-bond donors (Lipinski definition) is 0. The van der Waals surface area contributed by atoms with Crippen molar-refractivity contribution in [2.24, 2.45) is 5.92 Å². The molecule has 3 unspecified atom stereocenters. The van der Waals surface area contributed by atoms with Gasteiger partial charge in [0, 0.05) is 13.2 Å². The third-order valence-electron chi connectivity index (χ3n) is 3.55. The average Bonchev–Trinajstić information content (AvgIpc) is 2.28. The Kier molecular flexibility index (Phi) is 4.90. The fourth-order valence-electron chi connectivity index (χ4n) is 2.55.